The number of methoxy groups -OCH3 is 1. The number of rotatable bonds is 22. The van der Waals surface area contributed by atoms with Crippen LogP contribution in [-0.4, -0.2) is 57.1 Å². The number of carboxylic acid groups (broad SMARTS) is 1. The van der Waals surface area contributed by atoms with Crippen LogP contribution in [0.2, 0.25) is 5.04 Å². The molecule has 7 rings (SSSR count). The summed E-state index contributed by atoms with van der Waals surface area (Å²) in [7, 11) is -1.30. The molecule has 0 aliphatic carbocycles. The first-order chi connectivity index (χ1) is 34.3. The fourth-order valence-corrected chi connectivity index (χ4v) is 14.1. The van der Waals surface area contributed by atoms with Gasteiger partial charge in [0.1, 0.15) is 17.8 Å². The SMILES string of the molecule is COc1cc(CO[Si](c2ccccc2)(c2ccccc2)C(C)(C)C)ccc1NC(=O)C(CCCCNC(c1ccccc1)(c1ccccc1)c1ccc(C)cc1)NC(=O)C(Cc1ccccc1)NC(=O)O. The summed E-state index contributed by atoms with van der Waals surface area (Å²) >= 11 is 0. The van der Waals surface area contributed by atoms with Crippen molar-refractivity contribution >= 4 is 42.3 Å². The van der Waals surface area contributed by atoms with E-state index in [2.05, 4.69) is 146 Å². The number of aryl methyl sites for hydroxylation is 1. The fraction of sp³-hybridized carbons (Fsp3) is 0.250. The molecule has 0 spiro atoms. The van der Waals surface area contributed by atoms with Crippen LogP contribution in [-0.2, 0) is 32.6 Å². The van der Waals surface area contributed by atoms with E-state index in [0.717, 1.165) is 33.4 Å². The third kappa shape index (κ3) is 12.5. The van der Waals surface area contributed by atoms with Gasteiger partial charge < -0.3 is 30.2 Å². The molecule has 2 unspecified atom stereocenters. The van der Waals surface area contributed by atoms with E-state index in [0.29, 0.717) is 37.4 Å². The van der Waals surface area contributed by atoms with Gasteiger partial charge in [-0.25, -0.2) is 4.79 Å². The Morgan fingerprint density at radius 3 is 1.63 bits per heavy atom. The Bertz CT molecular complexity index is 2710. The first-order valence-electron chi connectivity index (χ1n) is 24.3. The van der Waals surface area contributed by atoms with Crippen LogP contribution in [0.15, 0.2) is 194 Å². The van der Waals surface area contributed by atoms with Crippen LogP contribution in [0.25, 0.3) is 0 Å². The Morgan fingerprint density at radius 2 is 1.11 bits per heavy atom. The van der Waals surface area contributed by atoms with E-state index >= 15 is 0 Å². The molecule has 2 atom stereocenters. The molecule has 0 aromatic heterocycles. The number of hydrogen-bond donors (Lipinski definition) is 5. The Morgan fingerprint density at radius 1 is 0.592 bits per heavy atom. The monoisotopic (exact) mass is 966 g/mol. The van der Waals surface area contributed by atoms with Gasteiger partial charge in [0, 0.05) is 6.42 Å². The van der Waals surface area contributed by atoms with Crippen molar-refractivity contribution in [2.45, 2.75) is 82.6 Å². The van der Waals surface area contributed by atoms with Crippen molar-refractivity contribution < 1.29 is 28.7 Å². The first-order valence-corrected chi connectivity index (χ1v) is 26.2. The molecule has 0 aliphatic heterocycles. The smallest absolute Gasteiger partial charge is 0.405 e. The maximum Gasteiger partial charge on any atom is 0.405 e. The zero-order valence-electron chi connectivity index (χ0n) is 41.4. The van der Waals surface area contributed by atoms with E-state index in [1.54, 1.807) is 13.2 Å². The van der Waals surface area contributed by atoms with Gasteiger partial charge in [-0.3, -0.25) is 14.9 Å². The molecule has 0 aliphatic rings. The topological polar surface area (TPSA) is 138 Å². The molecule has 0 fully saturated rings. The summed E-state index contributed by atoms with van der Waals surface area (Å²) in [6, 6.07) is 62.9. The maximum absolute atomic E-state index is 14.5. The lowest BCUT2D eigenvalue weighted by Crippen LogP contribution is -2.66. The Hall–Kier alpha value is -7.31. The number of amides is 3. The van der Waals surface area contributed by atoms with Gasteiger partial charge in [0.05, 0.1) is 24.9 Å². The molecular weight excluding hydrogens is 901 g/mol. The molecular formula is C60H66N4O6Si. The number of hydrogen-bond acceptors (Lipinski definition) is 6. The summed E-state index contributed by atoms with van der Waals surface area (Å²) in [5.41, 5.74) is 5.80. The molecule has 71 heavy (non-hydrogen) atoms. The second kappa shape index (κ2) is 24.0. The minimum Gasteiger partial charge on any atom is -0.495 e. The molecule has 7 aromatic rings. The number of carbonyl (C=O) groups excluding carboxylic acids is 2. The van der Waals surface area contributed by atoms with Gasteiger partial charge in [-0.2, -0.15) is 0 Å². The molecule has 3 amide bonds. The van der Waals surface area contributed by atoms with Gasteiger partial charge in [-0.1, -0.05) is 208 Å². The van der Waals surface area contributed by atoms with Crippen molar-refractivity contribution in [1.29, 1.82) is 0 Å². The quantitative estimate of drug-likeness (QED) is 0.0259. The predicted octanol–water partition coefficient (Wildman–Crippen LogP) is 10.1. The van der Waals surface area contributed by atoms with Crippen LogP contribution >= 0.6 is 0 Å². The summed E-state index contributed by atoms with van der Waals surface area (Å²) in [4.78, 5) is 40.6. The van der Waals surface area contributed by atoms with E-state index in [-0.39, 0.29) is 17.9 Å². The molecule has 10 nitrogen and oxygen atoms in total. The maximum atomic E-state index is 14.5. The van der Waals surface area contributed by atoms with Crippen molar-refractivity contribution in [1.82, 2.24) is 16.0 Å². The normalized spacial score (nSPS) is 12.6. The van der Waals surface area contributed by atoms with Gasteiger partial charge in [0.15, 0.2) is 0 Å². The van der Waals surface area contributed by atoms with E-state index < -0.39 is 43.8 Å². The third-order valence-corrected chi connectivity index (χ3v) is 18.1. The Labute approximate surface area is 420 Å². The van der Waals surface area contributed by atoms with Gasteiger partial charge >= 0.3 is 6.09 Å². The van der Waals surface area contributed by atoms with Gasteiger partial charge in [0.25, 0.3) is 8.32 Å². The molecule has 5 N–H and O–H groups in total. The van der Waals surface area contributed by atoms with E-state index in [9.17, 15) is 19.5 Å². The van der Waals surface area contributed by atoms with E-state index in [1.165, 1.54) is 10.4 Å². The summed E-state index contributed by atoms with van der Waals surface area (Å²) in [6.07, 6.45) is 0.223. The van der Waals surface area contributed by atoms with Gasteiger partial charge in [0.2, 0.25) is 11.8 Å². The summed E-state index contributed by atoms with van der Waals surface area (Å²) in [5, 5.41) is 24.2. The second-order valence-corrected chi connectivity index (χ2v) is 23.3. The lowest BCUT2D eigenvalue weighted by molar-refractivity contribution is -0.128. The Balaban J connectivity index is 1.13. The van der Waals surface area contributed by atoms with Gasteiger partial charge in [-0.05, 0) is 88.1 Å². The lowest BCUT2D eigenvalue weighted by atomic mass is 9.76. The molecule has 0 saturated carbocycles. The van der Waals surface area contributed by atoms with Crippen LogP contribution in [0.5, 0.6) is 5.75 Å². The highest BCUT2D eigenvalue weighted by atomic mass is 28.4. The third-order valence-electron chi connectivity index (χ3n) is 13.1. The number of ether oxygens (including phenoxy) is 1. The summed E-state index contributed by atoms with van der Waals surface area (Å²) in [6.45, 7) is 9.65. The average molecular weight is 967 g/mol. The zero-order chi connectivity index (χ0) is 50.3. The number of nitrogens with one attached hydrogen (secondary N) is 4. The summed E-state index contributed by atoms with van der Waals surface area (Å²) in [5.74, 6) is -0.638. The largest absolute Gasteiger partial charge is 0.495 e. The zero-order valence-corrected chi connectivity index (χ0v) is 42.4. The van der Waals surface area contributed by atoms with Gasteiger partial charge in [-0.15, -0.1) is 0 Å². The van der Waals surface area contributed by atoms with Crippen LogP contribution in [0, 0.1) is 6.92 Å². The van der Waals surface area contributed by atoms with Crippen molar-refractivity contribution in [3.63, 3.8) is 0 Å². The highest BCUT2D eigenvalue weighted by molar-refractivity contribution is 6.99. The second-order valence-electron chi connectivity index (χ2n) is 19.0. The molecule has 0 radical (unpaired) electrons. The van der Waals surface area contributed by atoms with Crippen molar-refractivity contribution in [3.8, 4) is 5.75 Å². The van der Waals surface area contributed by atoms with Crippen LogP contribution in [0.3, 0.4) is 0 Å². The minimum atomic E-state index is -2.86. The van der Waals surface area contributed by atoms with Crippen LogP contribution in [0.4, 0.5) is 10.5 Å². The van der Waals surface area contributed by atoms with Crippen LogP contribution < -0.4 is 36.4 Å². The average Bonchev–Trinajstić information content (AvgIpc) is 3.38. The number of anilines is 1. The molecule has 11 heteroatoms. The highest BCUT2D eigenvalue weighted by Gasteiger charge is 2.50. The molecule has 366 valence electrons. The van der Waals surface area contributed by atoms with Crippen LogP contribution in [0.1, 0.15) is 73.4 Å². The number of carbonyl (C=O) groups is 3. The standard InChI is InChI=1S/C60H66N4O6Si/c1-44-34-37-49(38-35-44)60(47-25-13-7-14-26-47,48-27-15-8-16-28-48)61-40-22-21-33-53(63-57(66)54(64-58(67)68)41-45-23-11-6-12-24-45)56(65)62-52-39-36-46(42-55(52)69-5)43-70-71(59(2,3)4,50-29-17-9-18-30-50)51-31-19-10-20-32-51/h6-20,23-32,34-39,42,53-54,61,64H,21-22,33,40-41,43H2,1-5H3,(H,62,65)(H,63,66)(H,67,68). The lowest BCUT2D eigenvalue weighted by Gasteiger charge is -2.43. The molecule has 7 aromatic carbocycles. The molecule has 0 heterocycles. The minimum absolute atomic E-state index is 0.0998. The first kappa shape index (κ1) is 51.5. The predicted molar refractivity (Wildman–Crippen MR) is 287 cm³/mol. The summed E-state index contributed by atoms with van der Waals surface area (Å²) < 4.78 is 13.1. The fourth-order valence-electron chi connectivity index (χ4n) is 9.59. The highest BCUT2D eigenvalue weighted by Crippen LogP contribution is 2.39. The number of benzene rings is 7. The van der Waals surface area contributed by atoms with E-state index in [4.69, 9.17) is 9.16 Å². The Kier molecular flexibility index (Phi) is 17.4. The van der Waals surface area contributed by atoms with Crippen molar-refractivity contribution in [2.24, 2.45) is 0 Å². The molecule has 0 bridgehead atoms. The number of unbranched alkanes of at least 4 members (excludes halogenated alkanes) is 1. The van der Waals surface area contributed by atoms with Crippen molar-refractivity contribution in [3.05, 3.63) is 228 Å². The van der Waals surface area contributed by atoms with Crippen molar-refractivity contribution in [2.75, 3.05) is 19.0 Å². The van der Waals surface area contributed by atoms with E-state index in [1.807, 2.05) is 91.0 Å². The molecule has 0 saturated heterocycles.